The van der Waals surface area contributed by atoms with Crippen LogP contribution in [0, 0.1) is 0 Å². The van der Waals surface area contributed by atoms with E-state index in [1.54, 1.807) is 0 Å². The predicted molar refractivity (Wildman–Crippen MR) is 49.4 cm³/mol. The van der Waals surface area contributed by atoms with Gasteiger partial charge in [0.1, 0.15) is 0 Å². The van der Waals surface area contributed by atoms with Crippen LogP contribution < -0.4 is 6.15 Å². The molecule has 1 nitrogen and oxygen atoms in total. The minimum absolute atomic E-state index is 0. The van der Waals surface area contributed by atoms with Crippen LogP contribution in [0.5, 0.6) is 0 Å². The molecule has 3 N–H and O–H groups in total. The van der Waals surface area contributed by atoms with Crippen molar-refractivity contribution in [3.8, 4) is 0 Å². The maximum absolute atomic E-state index is 0. The third kappa shape index (κ3) is 33.0. The molecule has 0 radical (unpaired) electrons. The summed E-state index contributed by atoms with van der Waals surface area (Å²) in [4.78, 5) is 0. The fourth-order valence-corrected chi connectivity index (χ4v) is 0. The second kappa shape index (κ2) is 53.8. The Balaban J connectivity index is 0. The first-order valence-corrected chi connectivity index (χ1v) is 0. The zero-order chi connectivity index (χ0) is 0. The van der Waals surface area contributed by atoms with E-state index in [2.05, 4.69) is 0 Å². The second-order valence-electron chi connectivity index (χ2n) is 0. The van der Waals surface area contributed by atoms with Crippen molar-refractivity contribution in [3.05, 3.63) is 0 Å². The third-order valence-corrected chi connectivity index (χ3v) is 0. The van der Waals surface area contributed by atoms with Crippen LogP contribution in [0.3, 0.4) is 0 Å². The van der Waals surface area contributed by atoms with E-state index >= 15 is 0 Å². The van der Waals surface area contributed by atoms with E-state index in [0.29, 0.717) is 0 Å². The van der Waals surface area contributed by atoms with Crippen molar-refractivity contribution in [2.24, 2.45) is 0 Å². The van der Waals surface area contributed by atoms with E-state index < -0.39 is 0 Å². The molecule has 0 aromatic carbocycles. The summed E-state index contributed by atoms with van der Waals surface area (Å²) in [5, 5.41) is 0. The first-order valence-electron chi connectivity index (χ1n) is 0. The van der Waals surface area contributed by atoms with Gasteiger partial charge in [-0.3, -0.25) is 0 Å². The quantitative estimate of drug-likeness (QED) is 0.496. The second-order valence-corrected chi connectivity index (χ2v) is 0. The van der Waals surface area contributed by atoms with Gasteiger partial charge in [-0.1, -0.05) is 0 Å². The van der Waals surface area contributed by atoms with Crippen molar-refractivity contribution in [2.75, 3.05) is 0 Å². The number of hydrogen-bond acceptors (Lipinski definition) is 1. The van der Waals surface area contributed by atoms with Crippen molar-refractivity contribution in [1.82, 2.24) is 6.15 Å². The molecule has 0 saturated heterocycles. The topological polar surface area (TPSA) is 35.0 Å². The summed E-state index contributed by atoms with van der Waals surface area (Å²) >= 11 is 0. The van der Waals surface area contributed by atoms with Crippen molar-refractivity contribution in [2.45, 2.75) is 0 Å². The molecule has 0 amide bonds. The average Bonchev–Trinajstić information content (AvgIpc) is 0. The molecule has 0 aliphatic heterocycles. The van der Waals surface area contributed by atoms with Gasteiger partial charge in [-0.05, 0) is 0 Å². The Labute approximate surface area is 66.3 Å². The van der Waals surface area contributed by atoms with Gasteiger partial charge in [-0.2, -0.15) is 39.6 Å². The number of rotatable bonds is 0. The van der Waals surface area contributed by atoms with Crippen molar-refractivity contribution >= 4 is 39.6 Å². The van der Waals surface area contributed by atoms with E-state index in [-0.39, 0.29) is 66.2 Å². The Kier molecular flexibility index (Phi) is 735. The SMILES string of the molecule is N.P.P.P.P.[Pd]. The van der Waals surface area contributed by atoms with E-state index in [9.17, 15) is 0 Å². The number of hydrogen-bond donors (Lipinski definition) is 1. The summed E-state index contributed by atoms with van der Waals surface area (Å²) in [7, 11) is 0. The Morgan fingerprint density at radius 3 is 0.500 bits per heavy atom. The van der Waals surface area contributed by atoms with Crippen LogP contribution in [-0.2, 0) is 20.4 Å². The first kappa shape index (κ1) is 82.0. The summed E-state index contributed by atoms with van der Waals surface area (Å²) in [6.07, 6.45) is 0. The summed E-state index contributed by atoms with van der Waals surface area (Å²) in [5.74, 6) is 0. The molecule has 0 aliphatic rings. The molecule has 0 fully saturated rings. The van der Waals surface area contributed by atoms with Crippen LogP contribution in [0.1, 0.15) is 0 Å². The average molecular weight is 259 g/mol. The monoisotopic (exact) mass is 259 g/mol. The normalized spacial score (nSPS) is 0. The van der Waals surface area contributed by atoms with Crippen LogP contribution in [0.15, 0.2) is 0 Å². The fraction of sp³-hybridized carbons (Fsp3) is 0. The maximum atomic E-state index is 0. The Hall–Kier alpha value is 2.34. The summed E-state index contributed by atoms with van der Waals surface area (Å²) in [5.41, 5.74) is 0. The van der Waals surface area contributed by atoms with Crippen LogP contribution in [-0.4, -0.2) is 0 Å². The molecule has 0 bridgehead atoms. The predicted octanol–water partition coefficient (Wildman–Crippen LogP) is 0.392. The van der Waals surface area contributed by atoms with Crippen molar-refractivity contribution in [1.29, 1.82) is 0 Å². The Morgan fingerprint density at radius 2 is 0.500 bits per heavy atom. The van der Waals surface area contributed by atoms with Gasteiger partial charge in [0.2, 0.25) is 0 Å². The molecule has 6 heteroatoms. The van der Waals surface area contributed by atoms with E-state index in [0.717, 1.165) is 0 Å². The summed E-state index contributed by atoms with van der Waals surface area (Å²) < 4.78 is 0. The molecule has 0 spiro atoms. The minimum Gasteiger partial charge on any atom is -0.344 e. The van der Waals surface area contributed by atoms with Gasteiger partial charge in [-0.15, -0.1) is 0 Å². The minimum atomic E-state index is 0. The molecule has 50 valence electrons. The third-order valence-electron chi connectivity index (χ3n) is 0. The van der Waals surface area contributed by atoms with Gasteiger partial charge in [0, 0.05) is 20.4 Å². The molecule has 0 aromatic rings. The molecule has 0 aromatic heterocycles. The summed E-state index contributed by atoms with van der Waals surface area (Å²) in [6.45, 7) is 0. The molecule has 0 saturated carbocycles. The zero-order valence-electron chi connectivity index (χ0n) is 3.85. The smallest absolute Gasteiger partial charge is 0 e. The van der Waals surface area contributed by atoms with Crippen LogP contribution in [0.4, 0.5) is 0 Å². The van der Waals surface area contributed by atoms with E-state index in [1.165, 1.54) is 0 Å². The van der Waals surface area contributed by atoms with E-state index in [1.807, 2.05) is 0 Å². The van der Waals surface area contributed by atoms with Gasteiger partial charge in [0.25, 0.3) is 0 Å². The van der Waals surface area contributed by atoms with Crippen molar-refractivity contribution < 1.29 is 20.4 Å². The fourth-order valence-electron chi connectivity index (χ4n) is 0. The molecule has 0 heterocycles. The van der Waals surface area contributed by atoms with Crippen molar-refractivity contribution in [3.63, 3.8) is 0 Å². The molecule has 6 heavy (non-hydrogen) atoms. The zero-order valence-corrected chi connectivity index (χ0v) is 11.1. The standard InChI is InChI=1S/H3N.4H3P.Pd/h5*1H3;. The Bertz CT molecular complexity index is 7.51. The molecule has 0 aliphatic carbocycles. The largest absolute Gasteiger partial charge is 0.344 e. The van der Waals surface area contributed by atoms with Gasteiger partial charge >= 0.3 is 0 Å². The van der Waals surface area contributed by atoms with Crippen LogP contribution in [0.2, 0.25) is 0 Å². The van der Waals surface area contributed by atoms with E-state index in [4.69, 9.17) is 0 Å². The molecular weight excluding hydrogens is 244 g/mol. The molecular formula is H15NP4Pd. The van der Waals surface area contributed by atoms with Gasteiger partial charge in [0.05, 0.1) is 0 Å². The van der Waals surface area contributed by atoms with Gasteiger partial charge < -0.3 is 6.15 Å². The van der Waals surface area contributed by atoms with Crippen LogP contribution in [0.25, 0.3) is 0 Å². The Morgan fingerprint density at radius 1 is 0.500 bits per heavy atom. The summed E-state index contributed by atoms with van der Waals surface area (Å²) in [6, 6.07) is 0. The van der Waals surface area contributed by atoms with Crippen LogP contribution >= 0.6 is 39.6 Å². The van der Waals surface area contributed by atoms with Gasteiger partial charge in [-0.25, -0.2) is 0 Å². The molecule has 4 unspecified atom stereocenters. The first-order chi connectivity index (χ1) is 0. The van der Waals surface area contributed by atoms with Gasteiger partial charge in [0.15, 0.2) is 0 Å². The maximum Gasteiger partial charge on any atom is 0 e. The molecule has 4 atom stereocenters. The molecule has 0 rings (SSSR count).